The minimum Gasteiger partial charge on any atom is -0.411 e. The number of thiophene rings is 1. The van der Waals surface area contributed by atoms with Gasteiger partial charge in [0.15, 0.2) is 5.82 Å². The van der Waals surface area contributed by atoms with Crippen LogP contribution in [0.4, 0.5) is 0 Å². The van der Waals surface area contributed by atoms with Crippen LogP contribution in [0.2, 0.25) is 0 Å². The lowest BCUT2D eigenvalue weighted by molar-refractivity contribution is 0.318. The first kappa shape index (κ1) is 8.82. The van der Waals surface area contributed by atoms with Crippen molar-refractivity contribution in [2.45, 2.75) is 6.42 Å². The normalized spacial score (nSPS) is 11.9. The Bertz CT molecular complexity index is 407. The third-order valence-corrected chi connectivity index (χ3v) is 2.56. The maximum atomic E-state index is 8.81. The predicted molar refractivity (Wildman–Crippen MR) is 50.5 cm³/mol. The fourth-order valence-corrected chi connectivity index (χ4v) is 1.73. The molecule has 0 saturated carbocycles. The van der Waals surface area contributed by atoms with Crippen LogP contribution in [-0.2, 0) is 6.42 Å². The first-order valence-corrected chi connectivity index (χ1v) is 4.75. The van der Waals surface area contributed by atoms with E-state index in [1.54, 1.807) is 0 Å². The van der Waals surface area contributed by atoms with Crippen LogP contribution in [0, 0.1) is 0 Å². The summed E-state index contributed by atoms with van der Waals surface area (Å²) >= 11 is 1.50. The Labute approximate surface area is 83.3 Å². The third-order valence-electron chi connectivity index (χ3n) is 1.64. The number of tetrazole rings is 1. The molecule has 0 atom stereocenters. The fraction of sp³-hybridized carbons (Fsp3) is 0.143. The lowest BCUT2D eigenvalue weighted by Gasteiger charge is -1.96. The van der Waals surface area contributed by atoms with Crippen LogP contribution in [0.5, 0.6) is 0 Å². The molecule has 2 N–H and O–H groups in total. The smallest absolute Gasteiger partial charge is 0.180 e. The molecule has 7 heteroatoms. The highest BCUT2D eigenvalue weighted by molar-refractivity contribution is 7.12. The number of H-pyrrole nitrogens is 1. The zero-order valence-electron chi connectivity index (χ0n) is 7.08. The third kappa shape index (κ3) is 1.77. The number of aromatic amines is 1. The van der Waals surface area contributed by atoms with Crippen molar-refractivity contribution in [1.29, 1.82) is 0 Å². The minimum atomic E-state index is 0.369. The van der Waals surface area contributed by atoms with Crippen LogP contribution in [0.15, 0.2) is 22.7 Å². The Hall–Kier alpha value is -1.76. The highest BCUT2D eigenvalue weighted by atomic mass is 32.1. The highest BCUT2D eigenvalue weighted by Gasteiger charge is 2.09. The van der Waals surface area contributed by atoms with Crippen molar-refractivity contribution in [3.05, 3.63) is 28.2 Å². The average Bonchev–Trinajstić information content (AvgIpc) is 2.86. The zero-order valence-corrected chi connectivity index (χ0v) is 7.90. The summed E-state index contributed by atoms with van der Waals surface area (Å²) < 4.78 is 0. The lowest BCUT2D eigenvalue weighted by Crippen LogP contribution is -2.04. The molecule has 0 spiro atoms. The highest BCUT2D eigenvalue weighted by Crippen LogP contribution is 2.11. The average molecular weight is 209 g/mol. The largest absolute Gasteiger partial charge is 0.411 e. The van der Waals surface area contributed by atoms with E-state index in [0.29, 0.717) is 18.0 Å². The Balaban J connectivity index is 2.17. The number of aromatic nitrogens is 4. The summed E-state index contributed by atoms with van der Waals surface area (Å²) in [5, 5.41) is 27.3. The van der Waals surface area contributed by atoms with Crippen molar-refractivity contribution in [3.63, 3.8) is 0 Å². The quantitative estimate of drug-likeness (QED) is 0.442. The Kier molecular flexibility index (Phi) is 2.50. The molecule has 0 saturated heterocycles. The molecular formula is C7H7N5OS. The van der Waals surface area contributed by atoms with E-state index in [-0.39, 0.29) is 0 Å². The molecular weight excluding hydrogens is 202 g/mol. The summed E-state index contributed by atoms with van der Waals surface area (Å²) in [4.78, 5) is 0.900. The molecule has 2 aromatic rings. The van der Waals surface area contributed by atoms with Gasteiger partial charge in [0.2, 0.25) is 0 Å². The summed E-state index contributed by atoms with van der Waals surface area (Å²) in [7, 11) is 0. The van der Waals surface area contributed by atoms with Gasteiger partial charge in [0, 0.05) is 0 Å². The van der Waals surface area contributed by atoms with Gasteiger partial charge in [0.25, 0.3) is 0 Å². The van der Waals surface area contributed by atoms with E-state index in [1.165, 1.54) is 11.3 Å². The number of oxime groups is 1. The van der Waals surface area contributed by atoms with Crippen molar-refractivity contribution < 1.29 is 5.21 Å². The van der Waals surface area contributed by atoms with E-state index in [4.69, 9.17) is 5.21 Å². The van der Waals surface area contributed by atoms with Gasteiger partial charge in [-0.2, -0.15) is 5.21 Å². The SMILES string of the molecule is O/N=C(\Cc1nn[nH]n1)c1cccs1. The summed E-state index contributed by atoms with van der Waals surface area (Å²) in [5.74, 6) is 0.506. The second kappa shape index (κ2) is 3.97. The van der Waals surface area contributed by atoms with Crippen LogP contribution in [0.25, 0.3) is 0 Å². The van der Waals surface area contributed by atoms with Crippen LogP contribution < -0.4 is 0 Å². The molecule has 0 amide bonds. The molecule has 0 aliphatic rings. The molecule has 72 valence electrons. The van der Waals surface area contributed by atoms with Gasteiger partial charge in [0.05, 0.1) is 11.3 Å². The van der Waals surface area contributed by atoms with Crippen molar-refractivity contribution >= 4 is 17.0 Å². The first-order valence-electron chi connectivity index (χ1n) is 3.87. The molecule has 14 heavy (non-hydrogen) atoms. The van der Waals surface area contributed by atoms with Crippen LogP contribution >= 0.6 is 11.3 Å². The Morgan fingerprint density at radius 3 is 3.14 bits per heavy atom. The molecule has 0 fully saturated rings. The Morgan fingerprint density at radius 2 is 2.57 bits per heavy atom. The number of hydrogen-bond donors (Lipinski definition) is 2. The van der Waals surface area contributed by atoms with Crippen LogP contribution in [0.3, 0.4) is 0 Å². The number of nitrogens with zero attached hydrogens (tertiary/aromatic N) is 4. The summed E-state index contributed by atoms with van der Waals surface area (Å²) in [6, 6.07) is 3.77. The van der Waals surface area contributed by atoms with Gasteiger partial charge < -0.3 is 5.21 Å². The van der Waals surface area contributed by atoms with E-state index in [9.17, 15) is 0 Å². The fourth-order valence-electron chi connectivity index (χ4n) is 1.02. The van der Waals surface area contributed by atoms with Crippen molar-refractivity contribution in [2.24, 2.45) is 5.16 Å². The lowest BCUT2D eigenvalue weighted by atomic mass is 10.2. The second-order valence-corrected chi connectivity index (χ2v) is 3.48. The molecule has 6 nitrogen and oxygen atoms in total. The van der Waals surface area contributed by atoms with Gasteiger partial charge >= 0.3 is 0 Å². The van der Waals surface area contributed by atoms with Crippen LogP contribution in [0.1, 0.15) is 10.7 Å². The van der Waals surface area contributed by atoms with E-state index >= 15 is 0 Å². The molecule has 0 aliphatic carbocycles. The van der Waals surface area contributed by atoms with Gasteiger partial charge in [-0.15, -0.1) is 21.5 Å². The monoisotopic (exact) mass is 209 g/mol. The van der Waals surface area contributed by atoms with E-state index in [1.807, 2.05) is 17.5 Å². The van der Waals surface area contributed by atoms with Gasteiger partial charge in [-0.3, -0.25) is 0 Å². The molecule has 2 rings (SSSR count). The number of nitrogens with one attached hydrogen (secondary N) is 1. The molecule has 0 aromatic carbocycles. The van der Waals surface area contributed by atoms with E-state index < -0.39 is 0 Å². The van der Waals surface area contributed by atoms with E-state index in [2.05, 4.69) is 25.8 Å². The summed E-state index contributed by atoms with van der Waals surface area (Å²) in [6.45, 7) is 0. The molecule has 0 aliphatic heterocycles. The zero-order chi connectivity index (χ0) is 9.80. The van der Waals surface area contributed by atoms with Gasteiger partial charge in [0.1, 0.15) is 5.71 Å². The Morgan fingerprint density at radius 1 is 1.64 bits per heavy atom. The molecule has 0 radical (unpaired) electrons. The molecule has 2 heterocycles. The van der Waals surface area contributed by atoms with E-state index in [0.717, 1.165) is 4.88 Å². The molecule has 0 bridgehead atoms. The minimum absolute atomic E-state index is 0.369. The van der Waals surface area contributed by atoms with Gasteiger partial charge in [-0.25, -0.2) is 0 Å². The number of hydrogen-bond acceptors (Lipinski definition) is 6. The van der Waals surface area contributed by atoms with Gasteiger partial charge in [-0.05, 0) is 11.4 Å². The van der Waals surface area contributed by atoms with Crippen LogP contribution in [-0.4, -0.2) is 31.5 Å². The first-order chi connectivity index (χ1) is 6.90. The van der Waals surface area contributed by atoms with Crippen molar-refractivity contribution in [1.82, 2.24) is 20.6 Å². The maximum absolute atomic E-state index is 8.81. The topological polar surface area (TPSA) is 87.0 Å². The molecule has 0 unspecified atom stereocenters. The standard InChI is InChI=1S/C7H7N5OS/c13-10-5(6-2-1-3-14-6)4-7-8-11-12-9-7/h1-3,13H,4H2,(H,8,9,11,12)/b10-5+. The maximum Gasteiger partial charge on any atom is 0.180 e. The van der Waals surface area contributed by atoms with Crippen molar-refractivity contribution in [2.75, 3.05) is 0 Å². The predicted octanol–water partition coefficient (Wildman–Crippen LogP) is 0.682. The second-order valence-electron chi connectivity index (χ2n) is 2.53. The number of rotatable bonds is 3. The summed E-state index contributed by atoms with van der Waals surface area (Å²) in [5.41, 5.74) is 0.543. The van der Waals surface area contributed by atoms with Gasteiger partial charge in [-0.1, -0.05) is 16.4 Å². The van der Waals surface area contributed by atoms with Crippen molar-refractivity contribution in [3.8, 4) is 0 Å². The molecule has 2 aromatic heterocycles. The summed E-state index contributed by atoms with van der Waals surface area (Å²) in [6.07, 6.45) is 0.369.